The van der Waals surface area contributed by atoms with Crippen molar-refractivity contribution in [1.29, 1.82) is 0 Å². The van der Waals surface area contributed by atoms with Crippen molar-refractivity contribution in [1.82, 2.24) is 4.98 Å². The Kier molecular flexibility index (Phi) is 2.78. The van der Waals surface area contributed by atoms with Gasteiger partial charge in [0.25, 0.3) is 0 Å². The quantitative estimate of drug-likeness (QED) is 0.689. The molecule has 0 aliphatic carbocycles. The van der Waals surface area contributed by atoms with Gasteiger partial charge in [0.1, 0.15) is 11.5 Å². The third kappa shape index (κ3) is 2.25. The zero-order valence-electron chi connectivity index (χ0n) is 7.43. The third-order valence-corrected chi connectivity index (χ3v) is 1.62. The summed E-state index contributed by atoms with van der Waals surface area (Å²) in [6.07, 6.45) is -3.37. The largest absolute Gasteiger partial charge is 0.497 e. The summed E-state index contributed by atoms with van der Waals surface area (Å²) in [5, 5.41) is 0. The van der Waals surface area contributed by atoms with E-state index in [1.807, 2.05) is 0 Å². The topological polar surface area (TPSA) is 22.1 Å². The zero-order valence-corrected chi connectivity index (χ0v) is 7.43. The molecular weight excluding hydrogens is 195 g/mol. The molecule has 0 atom stereocenters. The van der Waals surface area contributed by atoms with Crippen LogP contribution in [0, 0.1) is 0 Å². The van der Waals surface area contributed by atoms with Crippen molar-refractivity contribution in [3.63, 3.8) is 0 Å². The van der Waals surface area contributed by atoms with Crippen LogP contribution in [0.3, 0.4) is 0 Å². The van der Waals surface area contributed by atoms with Gasteiger partial charge in [-0.05, 0) is 12.1 Å². The summed E-state index contributed by atoms with van der Waals surface area (Å²) in [5.41, 5.74) is -0.678. The molecule has 1 rings (SSSR count). The van der Waals surface area contributed by atoms with E-state index in [1.165, 1.54) is 13.2 Å². The highest BCUT2D eigenvalue weighted by atomic mass is 19.4. The highest BCUT2D eigenvalue weighted by molar-refractivity contribution is 5.57. The normalized spacial score (nSPS) is 11.1. The molecule has 14 heavy (non-hydrogen) atoms. The van der Waals surface area contributed by atoms with Crippen molar-refractivity contribution >= 4 is 5.76 Å². The molecule has 2 nitrogen and oxygen atoms in total. The maximum Gasteiger partial charge on any atom is 0.433 e. The van der Waals surface area contributed by atoms with Crippen LogP contribution in [0.15, 0.2) is 24.9 Å². The number of ether oxygens (including phenoxy) is 1. The molecule has 0 saturated heterocycles. The molecule has 0 radical (unpaired) electrons. The van der Waals surface area contributed by atoms with Crippen molar-refractivity contribution in [2.45, 2.75) is 6.18 Å². The fraction of sp³-hybridized carbons (Fsp3) is 0.222. The number of halogens is 3. The average molecular weight is 203 g/mol. The summed E-state index contributed by atoms with van der Waals surface area (Å²) in [5.74, 6) is 0.179. The van der Waals surface area contributed by atoms with Crippen LogP contribution in [0.5, 0.6) is 0 Å². The number of pyridine rings is 1. The summed E-state index contributed by atoms with van der Waals surface area (Å²) in [7, 11) is 1.34. The van der Waals surface area contributed by atoms with E-state index >= 15 is 0 Å². The summed E-state index contributed by atoms with van der Waals surface area (Å²) in [4.78, 5) is 3.21. The van der Waals surface area contributed by atoms with Gasteiger partial charge in [-0.2, -0.15) is 13.2 Å². The minimum absolute atomic E-state index is 0.179. The molecule has 76 valence electrons. The van der Waals surface area contributed by atoms with Gasteiger partial charge in [0, 0.05) is 11.8 Å². The first-order valence-corrected chi connectivity index (χ1v) is 3.71. The molecule has 0 bridgehead atoms. The Morgan fingerprint density at radius 1 is 1.50 bits per heavy atom. The molecule has 0 aliphatic rings. The van der Waals surface area contributed by atoms with Crippen LogP contribution >= 0.6 is 0 Å². The fourth-order valence-corrected chi connectivity index (χ4v) is 0.877. The molecule has 0 unspecified atom stereocenters. The van der Waals surface area contributed by atoms with Crippen molar-refractivity contribution in [2.75, 3.05) is 7.11 Å². The number of hydrogen-bond acceptors (Lipinski definition) is 2. The molecule has 0 fully saturated rings. The van der Waals surface area contributed by atoms with Crippen LogP contribution in [0.25, 0.3) is 5.76 Å². The van der Waals surface area contributed by atoms with Crippen LogP contribution in [0.1, 0.15) is 11.3 Å². The van der Waals surface area contributed by atoms with Crippen LogP contribution in [-0.4, -0.2) is 12.1 Å². The van der Waals surface area contributed by atoms with E-state index in [1.54, 1.807) is 0 Å². The molecule has 1 aromatic heterocycles. The minimum Gasteiger partial charge on any atom is -0.497 e. The summed E-state index contributed by atoms with van der Waals surface area (Å²) in [6.45, 7) is 3.45. The Morgan fingerprint density at radius 2 is 2.14 bits per heavy atom. The number of hydrogen-bond donors (Lipinski definition) is 0. The SMILES string of the molecule is C=C(OC)c1ccnc(C(F)(F)F)c1. The number of methoxy groups -OCH3 is 1. The molecule has 0 N–H and O–H groups in total. The van der Waals surface area contributed by atoms with Gasteiger partial charge in [-0.3, -0.25) is 4.98 Å². The molecule has 0 aromatic carbocycles. The molecule has 0 spiro atoms. The Morgan fingerprint density at radius 3 is 2.64 bits per heavy atom. The summed E-state index contributed by atoms with van der Waals surface area (Å²) < 4.78 is 41.3. The van der Waals surface area contributed by atoms with Crippen molar-refractivity contribution in [2.24, 2.45) is 0 Å². The molecule has 0 amide bonds. The second-order valence-corrected chi connectivity index (χ2v) is 2.55. The maximum absolute atomic E-state index is 12.2. The lowest BCUT2D eigenvalue weighted by molar-refractivity contribution is -0.141. The summed E-state index contributed by atoms with van der Waals surface area (Å²) >= 11 is 0. The monoisotopic (exact) mass is 203 g/mol. The standard InChI is InChI=1S/C9H8F3NO/c1-6(14-2)7-3-4-13-8(5-7)9(10,11)12/h3-5H,1H2,2H3. The van der Waals surface area contributed by atoms with Crippen LogP contribution < -0.4 is 0 Å². The van der Waals surface area contributed by atoms with Gasteiger partial charge >= 0.3 is 6.18 Å². The molecule has 1 heterocycles. The van der Waals surface area contributed by atoms with Gasteiger partial charge in [-0.15, -0.1) is 0 Å². The van der Waals surface area contributed by atoms with Gasteiger partial charge < -0.3 is 4.74 Å². The van der Waals surface area contributed by atoms with E-state index in [0.717, 1.165) is 12.3 Å². The van der Waals surface area contributed by atoms with Crippen molar-refractivity contribution in [3.8, 4) is 0 Å². The van der Waals surface area contributed by atoms with E-state index in [9.17, 15) is 13.2 Å². The molecule has 0 aliphatic heterocycles. The van der Waals surface area contributed by atoms with Gasteiger partial charge in [0.15, 0.2) is 0 Å². The van der Waals surface area contributed by atoms with Gasteiger partial charge in [-0.25, -0.2) is 0 Å². The zero-order chi connectivity index (χ0) is 10.8. The smallest absolute Gasteiger partial charge is 0.433 e. The predicted molar refractivity (Wildman–Crippen MR) is 45.3 cm³/mol. The molecule has 0 saturated carbocycles. The van der Waals surface area contributed by atoms with Crippen molar-refractivity contribution < 1.29 is 17.9 Å². The maximum atomic E-state index is 12.2. The molecular formula is C9H8F3NO. The number of alkyl halides is 3. The first-order chi connectivity index (χ1) is 6.45. The molecule has 1 aromatic rings. The van der Waals surface area contributed by atoms with Crippen LogP contribution in [0.2, 0.25) is 0 Å². The van der Waals surface area contributed by atoms with E-state index in [-0.39, 0.29) is 11.3 Å². The second kappa shape index (κ2) is 3.69. The highest BCUT2D eigenvalue weighted by Gasteiger charge is 2.32. The van der Waals surface area contributed by atoms with E-state index in [4.69, 9.17) is 4.74 Å². The summed E-state index contributed by atoms with van der Waals surface area (Å²) in [6, 6.07) is 2.30. The highest BCUT2D eigenvalue weighted by Crippen LogP contribution is 2.28. The lowest BCUT2D eigenvalue weighted by Crippen LogP contribution is -2.08. The Balaban J connectivity index is 3.08. The van der Waals surface area contributed by atoms with Gasteiger partial charge in [0.2, 0.25) is 0 Å². The second-order valence-electron chi connectivity index (χ2n) is 2.55. The van der Waals surface area contributed by atoms with Crippen LogP contribution in [0.4, 0.5) is 13.2 Å². The van der Waals surface area contributed by atoms with E-state index < -0.39 is 11.9 Å². The number of nitrogens with zero attached hydrogens (tertiary/aromatic N) is 1. The van der Waals surface area contributed by atoms with Gasteiger partial charge in [-0.1, -0.05) is 6.58 Å². The number of rotatable bonds is 2. The first-order valence-electron chi connectivity index (χ1n) is 3.71. The fourth-order valence-electron chi connectivity index (χ4n) is 0.877. The predicted octanol–water partition coefficient (Wildman–Crippen LogP) is 2.72. The van der Waals surface area contributed by atoms with Crippen LogP contribution in [-0.2, 0) is 10.9 Å². The Labute approximate surface area is 79.0 Å². The van der Waals surface area contributed by atoms with E-state index in [2.05, 4.69) is 11.6 Å². The minimum atomic E-state index is -4.44. The average Bonchev–Trinajstić information content (AvgIpc) is 2.15. The Bertz CT molecular complexity index is 346. The molecule has 5 heteroatoms. The Hall–Kier alpha value is -1.52. The van der Waals surface area contributed by atoms with E-state index in [0.29, 0.717) is 0 Å². The van der Waals surface area contributed by atoms with Crippen molar-refractivity contribution in [3.05, 3.63) is 36.2 Å². The lowest BCUT2D eigenvalue weighted by atomic mass is 10.2. The third-order valence-electron chi connectivity index (χ3n) is 1.62. The first kappa shape index (κ1) is 10.6. The number of aromatic nitrogens is 1. The van der Waals surface area contributed by atoms with Gasteiger partial charge in [0.05, 0.1) is 7.11 Å². The lowest BCUT2D eigenvalue weighted by Gasteiger charge is -2.08.